The van der Waals surface area contributed by atoms with E-state index in [0.717, 1.165) is 29.1 Å². The van der Waals surface area contributed by atoms with Gasteiger partial charge in [0.15, 0.2) is 0 Å². The average molecular weight is 292 g/mol. The number of nitrogens with one attached hydrogen (secondary N) is 2. The zero-order chi connectivity index (χ0) is 14.4. The summed E-state index contributed by atoms with van der Waals surface area (Å²) in [5, 5.41) is 8.10. The molecule has 20 heavy (non-hydrogen) atoms. The molecule has 0 aliphatic heterocycles. The van der Waals surface area contributed by atoms with Crippen molar-refractivity contribution in [1.29, 1.82) is 0 Å². The Balaban J connectivity index is 1.77. The van der Waals surface area contributed by atoms with Crippen LogP contribution < -0.4 is 10.6 Å². The smallest absolute Gasteiger partial charge is 0.221 e. The lowest BCUT2D eigenvalue weighted by molar-refractivity contribution is -0.114. The molecule has 0 unspecified atom stereocenters. The van der Waals surface area contributed by atoms with Crippen LogP contribution in [0.3, 0.4) is 0 Å². The molecule has 0 spiro atoms. The quantitative estimate of drug-likeness (QED) is 0.803. The highest BCUT2D eigenvalue weighted by atomic mass is 32.1. The predicted octanol–water partition coefficient (Wildman–Crippen LogP) is 3.18. The van der Waals surface area contributed by atoms with Gasteiger partial charge in [0.1, 0.15) is 5.82 Å². The highest BCUT2D eigenvalue weighted by Crippen LogP contribution is 2.21. The van der Waals surface area contributed by atoms with Crippen LogP contribution in [0.4, 0.5) is 10.1 Å². The molecule has 2 N–H and O–H groups in total. The summed E-state index contributed by atoms with van der Waals surface area (Å²) >= 11 is 1.61. The van der Waals surface area contributed by atoms with E-state index in [0.29, 0.717) is 6.54 Å². The minimum Gasteiger partial charge on any atom is -0.325 e. The lowest BCUT2D eigenvalue weighted by atomic mass is 10.1. The van der Waals surface area contributed by atoms with E-state index in [2.05, 4.69) is 10.6 Å². The Morgan fingerprint density at radius 3 is 2.70 bits per heavy atom. The van der Waals surface area contributed by atoms with Crippen molar-refractivity contribution in [1.82, 2.24) is 5.32 Å². The Labute approximate surface area is 121 Å². The van der Waals surface area contributed by atoms with Gasteiger partial charge in [-0.05, 0) is 42.1 Å². The van der Waals surface area contributed by atoms with E-state index in [1.807, 2.05) is 11.4 Å². The fraction of sp³-hybridized carbons (Fsp3) is 0.267. The predicted molar refractivity (Wildman–Crippen MR) is 80.4 cm³/mol. The number of carbonyl (C=O) groups excluding carboxylic acids is 1. The topological polar surface area (TPSA) is 41.1 Å². The third-order valence-electron chi connectivity index (χ3n) is 2.85. The van der Waals surface area contributed by atoms with Crippen molar-refractivity contribution in [2.45, 2.75) is 19.9 Å². The summed E-state index contributed by atoms with van der Waals surface area (Å²) in [6, 6.07) is 8.45. The average Bonchev–Trinajstić information content (AvgIpc) is 2.83. The zero-order valence-electron chi connectivity index (χ0n) is 11.3. The molecule has 0 atom stereocenters. The molecule has 1 aromatic heterocycles. The molecule has 0 saturated carbocycles. The number of carbonyl (C=O) groups is 1. The first-order valence-electron chi connectivity index (χ1n) is 6.44. The third-order valence-corrected chi connectivity index (χ3v) is 3.77. The van der Waals surface area contributed by atoms with E-state index in [1.54, 1.807) is 23.5 Å². The van der Waals surface area contributed by atoms with Crippen LogP contribution in [0.2, 0.25) is 0 Å². The molecule has 0 radical (unpaired) electrons. The fourth-order valence-electron chi connectivity index (χ4n) is 1.86. The molecular formula is C15H17FN2OS. The van der Waals surface area contributed by atoms with Crippen molar-refractivity contribution in [3.63, 3.8) is 0 Å². The van der Waals surface area contributed by atoms with Gasteiger partial charge in [-0.25, -0.2) is 4.39 Å². The highest BCUT2D eigenvalue weighted by Gasteiger charge is 2.05. The van der Waals surface area contributed by atoms with Crippen LogP contribution in [0, 0.1) is 5.82 Å². The molecule has 1 heterocycles. The van der Waals surface area contributed by atoms with Crippen LogP contribution in [0.1, 0.15) is 17.4 Å². The summed E-state index contributed by atoms with van der Waals surface area (Å²) < 4.78 is 12.8. The number of amides is 1. The summed E-state index contributed by atoms with van der Waals surface area (Å²) in [4.78, 5) is 12.2. The van der Waals surface area contributed by atoms with Gasteiger partial charge >= 0.3 is 0 Å². The molecule has 0 saturated heterocycles. The van der Waals surface area contributed by atoms with Gasteiger partial charge in [-0.2, -0.15) is 0 Å². The Hall–Kier alpha value is -1.72. The second-order valence-electron chi connectivity index (χ2n) is 4.49. The molecule has 3 nitrogen and oxygen atoms in total. The Kier molecular flexibility index (Phi) is 5.26. The van der Waals surface area contributed by atoms with Gasteiger partial charge in [-0.1, -0.05) is 12.1 Å². The van der Waals surface area contributed by atoms with Gasteiger partial charge in [0.05, 0.1) is 5.69 Å². The van der Waals surface area contributed by atoms with Crippen LogP contribution in [0.25, 0.3) is 0 Å². The highest BCUT2D eigenvalue weighted by molar-refractivity contribution is 7.10. The standard InChI is InChI=1S/C15H17FN2OS/c1-11(19)18-14-7-9-20-15(14)10-17-8-6-12-2-4-13(16)5-3-12/h2-5,7,9,17H,6,8,10H2,1H3,(H,18,19). The minimum absolute atomic E-state index is 0.0593. The van der Waals surface area contributed by atoms with Gasteiger partial charge in [0.25, 0.3) is 0 Å². The van der Waals surface area contributed by atoms with Gasteiger partial charge in [-0.3, -0.25) is 4.79 Å². The van der Waals surface area contributed by atoms with Crippen LogP contribution in [0.5, 0.6) is 0 Å². The second kappa shape index (κ2) is 7.17. The number of rotatable bonds is 6. The van der Waals surface area contributed by atoms with E-state index in [4.69, 9.17) is 0 Å². The molecule has 0 fully saturated rings. The molecule has 2 aromatic rings. The van der Waals surface area contributed by atoms with Crippen LogP contribution in [-0.4, -0.2) is 12.5 Å². The van der Waals surface area contributed by atoms with Crippen LogP contribution >= 0.6 is 11.3 Å². The molecule has 0 aliphatic carbocycles. The monoisotopic (exact) mass is 292 g/mol. The maximum absolute atomic E-state index is 12.8. The molecule has 106 valence electrons. The second-order valence-corrected chi connectivity index (χ2v) is 5.49. The van der Waals surface area contributed by atoms with Gasteiger partial charge < -0.3 is 10.6 Å². The third kappa shape index (κ3) is 4.43. The SMILES string of the molecule is CC(=O)Nc1ccsc1CNCCc1ccc(F)cc1. The van der Waals surface area contributed by atoms with Gasteiger partial charge in [0, 0.05) is 18.3 Å². The van der Waals surface area contributed by atoms with E-state index in [1.165, 1.54) is 19.1 Å². The van der Waals surface area contributed by atoms with Crippen LogP contribution in [0.15, 0.2) is 35.7 Å². The first kappa shape index (κ1) is 14.7. The molecule has 5 heteroatoms. The summed E-state index contributed by atoms with van der Waals surface area (Å²) in [6.45, 7) is 3.03. The van der Waals surface area contributed by atoms with Crippen molar-refractivity contribution in [3.8, 4) is 0 Å². The van der Waals surface area contributed by atoms with Crippen molar-refractivity contribution >= 4 is 22.9 Å². The minimum atomic E-state index is -0.208. The summed E-state index contributed by atoms with van der Waals surface area (Å²) in [7, 11) is 0. The van der Waals surface area contributed by atoms with E-state index in [-0.39, 0.29) is 11.7 Å². The maximum atomic E-state index is 12.8. The Bertz CT molecular complexity index is 566. The van der Waals surface area contributed by atoms with Gasteiger partial charge in [-0.15, -0.1) is 11.3 Å². The molecule has 1 amide bonds. The fourth-order valence-corrected chi connectivity index (χ4v) is 2.66. The van der Waals surface area contributed by atoms with Crippen molar-refractivity contribution < 1.29 is 9.18 Å². The maximum Gasteiger partial charge on any atom is 0.221 e. The van der Waals surface area contributed by atoms with Crippen LogP contribution in [-0.2, 0) is 17.8 Å². The molecule has 2 rings (SSSR count). The summed E-state index contributed by atoms with van der Waals surface area (Å²) in [6.07, 6.45) is 0.848. The number of hydrogen-bond donors (Lipinski definition) is 2. The largest absolute Gasteiger partial charge is 0.325 e. The van der Waals surface area contributed by atoms with Crippen molar-refractivity contribution in [3.05, 3.63) is 52.0 Å². The molecule has 0 aliphatic rings. The van der Waals surface area contributed by atoms with Crippen molar-refractivity contribution in [2.24, 2.45) is 0 Å². The number of halogens is 1. The lowest BCUT2D eigenvalue weighted by Crippen LogP contribution is -2.17. The van der Waals surface area contributed by atoms with E-state index >= 15 is 0 Å². The van der Waals surface area contributed by atoms with E-state index in [9.17, 15) is 9.18 Å². The molecular weight excluding hydrogens is 275 g/mol. The molecule has 0 bridgehead atoms. The molecule has 1 aromatic carbocycles. The normalized spacial score (nSPS) is 10.5. The first-order chi connectivity index (χ1) is 9.65. The Morgan fingerprint density at radius 2 is 2.00 bits per heavy atom. The lowest BCUT2D eigenvalue weighted by Gasteiger charge is -2.06. The van der Waals surface area contributed by atoms with E-state index < -0.39 is 0 Å². The zero-order valence-corrected chi connectivity index (χ0v) is 12.1. The summed E-state index contributed by atoms with van der Waals surface area (Å²) in [5.74, 6) is -0.267. The number of anilines is 1. The first-order valence-corrected chi connectivity index (χ1v) is 7.32. The number of thiophene rings is 1. The van der Waals surface area contributed by atoms with Crippen molar-refractivity contribution in [2.75, 3.05) is 11.9 Å². The van der Waals surface area contributed by atoms with Gasteiger partial charge in [0.2, 0.25) is 5.91 Å². The Morgan fingerprint density at radius 1 is 1.25 bits per heavy atom. The summed E-state index contributed by atoms with van der Waals surface area (Å²) in [5.41, 5.74) is 1.98. The number of hydrogen-bond acceptors (Lipinski definition) is 3. The number of benzene rings is 1.